The molecule has 0 bridgehead atoms. The van der Waals surface area contributed by atoms with Crippen LogP contribution in [0.2, 0.25) is 0 Å². The number of allylic oxidation sites excluding steroid dienone is 1. The van der Waals surface area contributed by atoms with Gasteiger partial charge < -0.3 is 10.2 Å². The zero-order valence-corrected chi connectivity index (χ0v) is 16.9. The number of nitrogens with one attached hydrogen (secondary N) is 1. The van der Waals surface area contributed by atoms with Gasteiger partial charge in [0, 0.05) is 19.8 Å². The van der Waals surface area contributed by atoms with Crippen molar-refractivity contribution in [3.05, 3.63) is 76.5 Å². The Bertz CT molecular complexity index is 970. The van der Waals surface area contributed by atoms with Crippen LogP contribution in [0.15, 0.2) is 53.7 Å². The fourth-order valence-corrected chi connectivity index (χ4v) is 3.56. The Labute approximate surface area is 168 Å². The summed E-state index contributed by atoms with van der Waals surface area (Å²) < 4.78 is 27.5. The molecule has 1 N–H and O–H groups in total. The highest BCUT2D eigenvalue weighted by molar-refractivity contribution is 7.80. The molecule has 4 nitrogen and oxygen atoms in total. The number of rotatable bonds is 3. The highest BCUT2D eigenvalue weighted by Gasteiger charge is 2.35. The van der Waals surface area contributed by atoms with Crippen molar-refractivity contribution >= 4 is 28.9 Å². The number of anilines is 1. The third-order valence-corrected chi connectivity index (χ3v) is 5.04. The molecule has 7 heteroatoms. The molecular weight excluding hydrogens is 380 g/mol. The average molecular weight is 401 g/mol. The van der Waals surface area contributed by atoms with E-state index < -0.39 is 6.04 Å². The summed E-state index contributed by atoms with van der Waals surface area (Å²) in [5, 5.41) is 3.50. The van der Waals surface area contributed by atoms with Gasteiger partial charge in [-0.25, -0.2) is 8.78 Å². The molecule has 0 aliphatic carbocycles. The van der Waals surface area contributed by atoms with E-state index in [0.717, 1.165) is 0 Å². The molecule has 0 radical (unpaired) electrons. The molecule has 0 fully saturated rings. The van der Waals surface area contributed by atoms with E-state index in [1.807, 2.05) is 0 Å². The minimum Gasteiger partial charge on any atom is -0.351 e. The second-order valence-corrected chi connectivity index (χ2v) is 7.29. The van der Waals surface area contributed by atoms with Gasteiger partial charge in [-0.15, -0.1) is 0 Å². The Morgan fingerprint density at radius 1 is 1.11 bits per heavy atom. The molecule has 0 spiro atoms. The average Bonchev–Trinajstić information content (AvgIpc) is 2.64. The molecule has 0 aromatic heterocycles. The van der Waals surface area contributed by atoms with Crippen molar-refractivity contribution in [3.63, 3.8) is 0 Å². The van der Waals surface area contributed by atoms with Gasteiger partial charge in [-0.05, 0) is 61.5 Å². The highest BCUT2D eigenvalue weighted by atomic mass is 32.1. The van der Waals surface area contributed by atoms with E-state index >= 15 is 0 Å². The summed E-state index contributed by atoms with van der Waals surface area (Å²) in [7, 11) is 3.32. The number of hydrogen-bond donors (Lipinski definition) is 1. The van der Waals surface area contributed by atoms with Crippen molar-refractivity contribution in [3.8, 4) is 0 Å². The molecule has 1 amide bonds. The molecule has 3 rings (SSSR count). The first-order valence-corrected chi connectivity index (χ1v) is 9.16. The lowest BCUT2D eigenvalue weighted by molar-refractivity contribution is -0.125. The smallest absolute Gasteiger partial charge is 0.253 e. The number of benzene rings is 2. The van der Waals surface area contributed by atoms with Gasteiger partial charge in [0.2, 0.25) is 0 Å². The molecule has 1 atom stereocenters. The molecule has 28 heavy (non-hydrogen) atoms. The lowest BCUT2D eigenvalue weighted by Crippen LogP contribution is -2.49. The Morgan fingerprint density at radius 3 is 2.32 bits per heavy atom. The number of likely N-dealkylation sites (N-methyl/N-ethyl adjacent to an activating group) is 1. The van der Waals surface area contributed by atoms with Gasteiger partial charge in [0.15, 0.2) is 5.11 Å². The summed E-state index contributed by atoms with van der Waals surface area (Å²) in [6, 6.07) is 10.2. The summed E-state index contributed by atoms with van der Waals surface area (Å²) >= 11 is 5.53. The zero-order valence-electron chi connectivity index (χ0n) is 16.1. The molecule has 146 valence electrons. The van der Waals surface area contributed by atoms with Crippen LogP contribution in [-0.2, 0) is 4.79 Å². The standard InChI is InChI=1S/C21H21F2N3OS/c1-12-5-10-16(11-17(12)23)26-13(2)18(20(27)25(3)4)19(24-21(26)28)14-6-8-15(22)9-7-14/h5-11,19H,1-4H3,(H,24,28). The van der Waals surface area contributed by atoms with E-state index in [4.69, 9.17) is 12.2 Å². The first-order chi connectivity index (χ1) is 13.2. The normalized spacial score (nSPS) is 16.9. The minimum absolute atomic E-state index is 0.209. The molecule has 0 saturated carbocycles. The molecule has 0 saturated heterocycles. The Balaban J connectivity index is 2.16. The Hall–Kier alpha value is -2.80. The van der Waals surface area contributed by atoms with Crippen LogP contribution in [-0.4, -0.2) is 30.0 Å². The number of thiocarbonyl (C=S) groups is 1. The van der Waals surface area contributed by atoms with Crippen molar-refractivity contribution in [2.45, 2.75) is 19.9 Å². The molecular formula is C21H21F2N3OS. The lowest BCUT2D eigenvalue weighted by Gasteiger charge is -2.38. The van der Waals surface area contributed by atoms with Crippen LogP contribution in [0.4, 0.5) is 14.5 Å². The van der Waals surface area contributed by atoms with E-state index in [0.29, 0.717) is 33.2 Å². The highest BCUT2D eigenvalue weighted by Crippen LogP contribution is 2.34. The first kappa shape index (κ1) is 19.9. The van der Waals surface area contributed by atoms with Gasteiger partial charge >= 0.3 is 0 Å². The summed E-state index contributed by atoms with van der Waals surface area (Å²) in [6.07, 6.45) is 0. The number of halogens is 2. The van der Waals surface area contributed by atoms with Crippen molar-refractivity contribution in [2.24, 2.45) is 0 Å². The van der Waals surface area contributed by atoms with Gasteiger partial charge in [-0.2, -0.15) is 0 Å². The van der Waals surface area contributed by atoms with E-state index in [2.05, 4.69) is 5.32 Å². The van der Waals surface area contributed by atoms with Crippen LogP contribution in [0, 0.1) is 18.6 Å². The maximum Gasteiger partial charge on any atom is 0.253 e. The summed E-state index contributed by atoms with van der Waals surface area (Å²) in [4.78, 5) is 16.1. The topological polar surface area (TPSA) is 35.6 Å². The molecule has 1 aliphatic heterocycles. The van der Waals surface area contributed by atoms with E-state index in [1.165, 1.54) is 23.1 Å². The number of aryl methyl sites for hydroxylation is 1. The number of carbonyl (C=O) groups excluding carboxylic acids is 1. The van der Waals surface area contributed by atoms with Gasteiger partial charge in [0.25, 0.3) is 5.91 Å². The molecule has 2 aromatic carbocycles. The molecule has 1 aliphatic rings. The Kier molecular flexibility index (Phi) is 5.47. The van der Waals surface area contributed by atoms with E-state index in [9.17, 15) is 13.6 Å². The number of nitrogens with zero attached hydrogens (tertiary/aromatic N) is 2. The third kappa shape index (κ3) is 3.62. The second kappa shape index (κ2) is 7.67. The summed E-state index contributed by atoms with van der Waals surface area (Å²) in [6.45, 7) is 3.46. The fraction of sp³-hybridized carbons (Fsp3) is 0.238. The zero-order chi connectivity index (χ0) is 20.6. The van der Waals surface area contributed by atoms with Crippen LogP contribution >= 0.6 is 12.2 Å². The van der Waals surface area contributed by atoms with Crippen molar-refractivity contribution in [1.82, 2.24) is 10.2 Å². The number of amides is 1. The third-order valence-electron chi connectivity index (χ3n) is 4.74. The van der Waals surface area contributed by atoms with Gasteiger partial charge in [0.1, 0.15) is 11.6 Å². The summed E-state index contributed by atoms with van der Waals surface area (Å²) in [5.74, 6) is -0.922. The first-order valence-electron chi connectivity index (χ1n) is 8.75. The second-order valence-electron chi connectivity index (χ2n) is 6.90. The maximum atomic E-state index is 14.1. The summed E-state index contributed by atoms with van der Waals surface area (Å²) in [5.41, 5.74) is 2.82. The minimum atomic E-state index is -0.533. The van der Waals surface area contributed by atoms with Gasteiger partial charge in [0.05, 0.1) is 17.3 Å². The van der Waals surface area contributed by atoms with Crippen molar-refractivity contribution in [1.29, 1.82) is 0 Å². The van der Waals surface area contributed by atoms with Crippen LogP contribution in [0.3, 0.4) is 0 Å². The van der Waals surface area contributed by atoms with Crippen LogP contribution in [0.25, 0.3) is 0 Å². The van der Waals surface area contributed by atoms with Gasteiger partial charge in [-0.3, -0.25) is 9.69 Å². The number of hydrogen-bond acceptors (Lipinski definition) is 2. The predicted octanol–water partition coefficient (Wildman–Crippen LogP) is 4.07. The molecule has 1 heterocycles. The predicted molar refractivity (Wildman–Crippen MR) is 110 cm³/mol. The van der Waals surface area contributed by atoms with Crippen molar-refractivity contribution < 1.29 is 13.6 Å². The fourth-order valence-electron chi connectivity index (χ4n) is 3.20. The largest absolute Gasteiger partial charge is 0.351 e. The number of carbonyl (C=O) groups is 1. The Morgan fingerprint density at radius 2 is 1.75 bits per heavy atom. The molecule has 1 unspecified atom stereocenters. The van der Waals surface area contributed by atoms with Crippen LogP contribution < -0.4 is 10.2 Å². The SMILES string of the molecule is CC1=C(C(=O)N(C)C)C(c2ccc(F)cc2)NC(=S)N1c1ccc(C)c(F)c1. The van der Waals surface area contributed by atoms with Crippen molar-refractivity contribution in [2.75, 3.05) is 19.0 Å². The maximum absolute atomic E-state index is 14.1. The quantitative estimate of drug-likeness (QED) is 0.787. The van der Waals surface area contributed by atoms with E-state index in [-0.39, 0.29) is 17.5 Å². The van der Waals surface area contributed by atoms with Crippen LogP contribution in [0.1, 0.15) is 24.1 Å². The monoisotopic (exact) mass is 401 g/mol. The van der Waals surface area contributed by atoms with Crippen LogP contribution in [0.5, 0.6) is 0 Å². The molecule has 2 aromatic rings. The lowest BCUT2D eigenvalue weighted by atomic mass is 9.93. The van der Waals surface area contributed by atoms with Gasteiger partial charge in [-0.1, -0.05) is 18.2 Å². The van der Waals surface area contributed by atoms with E-state index in [1.54, 1.807) is 57.1 Å².